The normalized spacial score (nSPS) is 10.4. The molecule has 0 spiro atoms. The van der Waals surface area contributed by atoms with Crippen LogP contribution in [0.5, 0.6) is 0 Å². The highest BCUT2D eigenvalue weighted by Crippen LogP contribution is 2.18. The molecule has 1 heterocycles. The Balaban J connectivity index is 2.58. The average molecular weight is 296 g/mol. The topological polar surface area (TPSA) is 95.5 Å². The van der Waals surface area contributed by atoms with E-state index in [1.54, 1.807) is 11.4 Å². The summed E-state index contributed by atoms with van der Waals surface area (Å²) in [6, 6.07) is 1.65. The predicted molar refractivity (Wildman–Crippen MR) is 76.6 cm³/mol. The molecule has 7 heteroatoms. The summed E-state index contributed by atoms with van der Waals surface area (Å²) in [5, 5.41) is 15.4. The lowest BCUT2D eigenvalue weighted by molar-refractivity contribution is -0.131. The van der Waals surface area contributed by atoms with Crippen LogP contribution in [0, 0.1) is 0 Å². The largest absolute Gasteiger partial charge is 0.478 e. The average Bonchev–Trinajstić information content (AvgIpc) is 2.88. The van der Waals surface area contributed by atoms with Gasteiger partial charge in [0.2, 0.25) is 5.91 Å². The fraction of sp³-hybridized carbons (Fsp3) is 0.308. The standard InChI is InChI=1S/C13H16N2O4S/c1-2-6-14-10(16)8-15-13(19)12-9(5-7-20-12)3-4-11(17)18/h3-5,7H,2,6,8H2,1H3,(H,14,16)(H,15,19)(H,17,18). The first-order valence-electron chi connectivity index (χ1n) is 6.08. The number of thiophene rings is 1. The Morgan fingerprint density at radius 3 is 2.75 bits per heavy atom. The maximum Gasteiger partial charge on any atom is 0.328 e. The minimum Gasteiger partial charge on any atom is -0.478 e. The van der Waals surface area contributed by atoms with Crippen molar-refractivity contribution in [3.63, 3.8) is 0 Å². The van der Waals surface area contributed by atoms with Crippen molar-refractivity contribution in [3.8, 4) is 0 Å². The quantitative estimate of drug-likeness (QED) is 0.657. The van der Waals surface area contributed by atoms with Gasteiger partial charge in [-0.25, -0.2) is 4.79 Å². The van der Waals surface area contributed by atoms with Gasteiger partial charge in [-0.2, -0.15) is 0 Å². The maximum absolute atomic E-state index is 11.9. The van der Waals surface area contributed by atoms with Crippen LogP contribution in [0.2, 0.25) is 0 Å². The SMILES string of the molecule is CCCNC(=O)CNC(=O)c1sccc1C=CC(=O)O. The zero-order valence-corrected chi connectivity index (χ0v) is 11.8. The number of aliphatic carboxylic acids is 1. The van der Waals surface area contributed by atoms with Gasteiger partial charge in [0.1, 0.15) is 0 Å². The lowest BCUT2D eigenvalue weighted by Crippen LogP contribution is -2.37. The van der Waals surface area contributed by atoms with E-state index in [9.17, 15) is 14.4 Å². The molecular weight excluding hydrogens is 280 g/mol. The van der Waals surface area contributed by atoms with E-state index in [1.165, 1.54) is 17.4 Å². The molecule has 0 fully saturated rings. The van der Waals surface area contributed by atoms with E-state index in [0.29, 0.717) is 17.0 Å². The van der Waals surface area contributed by atoms with Gasteiger partial charge in [-0.15, -0.1) is 11.3 Å². The van der Waals surface area contributed by atoms with Crippen LogP contribution in [0.4, 0.5) is 0 Å². The van der Waals surface area contributed by atoms with Gasteiger partial charge in [0.15, 0.2) is 0 Å². The molecule has 1 rings (SSSR count). The molecule has 0 atom stereocenters. The highest BCUT2D eigenvalue weighted by Gasteiger charge is 2.12. The molecular formula is C13H16N2O4S. The third-order valence-corrected chi connectivity index (χ3v) is 3.22. The Morgan fingerprint density at radius 1 is 1.35 bits per heavy atom. The van der Waals surface area contributed by atoms with Crippen LogP contribution in [0.25, 0.3) is 6.08 Å². The Kier molecular flexibility index (Phi) is 6.45. The highest BCUT2D eigenvalue weighted by atomic mass is 32.1. The summed E-state index contributed by atoms with van der Waals surface area (Å²) in [6.45, 7) is 2.41. The van der Waals surface area contributed by atoms with Crippen molar-refractivity contribution >= 4 is 35.2 Å². The van der Waals surface area contributed by atoms with E-state index >= 15 is 0 Å². The van der Waals surface area contributed by atoms with E-state index in [4.69, 9.17) is 5.11 Å². The molecule has 0 bridgehead atoms. The van der Waals surface area contributed by atoms with Gasteiger partial charge in [0, 0.05) is 12.6 Å². The summed E-state index contributed by atoms with van der Waals surface area (Å²) in [5.41, 5.74) is 0.517. The summed E-state index contributed by atoms with van der Waals surface area (Å²) in [7, 11) is 0. The summed E-state index contributed by atoms with van der Waals surface area (Å²) in [4.78, 5) is 34.1. The molecule has 0 aromatic carbocycles. The molecule has 0 aliphatic heterocycles. The number of carboxylic acid groups (broad SMARTS) is 1. The fourth-order valence-electron chi connectivity index (χ4n) is 1.36. The van der Waals surface area contributed by atoms with Crippen molar-refractivity contribution in [2.75, 3.05) is 13.1 Å². The molecule has 6 nitrogen and oxygen atoms in total. The van der Waals surface area contributed by atoms with E-state index in [1.807, 2.05) is 6.92 Å². The van der Waals surface area contributed by atoms with Gasteiger partial charge in [0.25, 0.3) is 5.91 Å². The molecule has 1 aromatic heterocycles. The van der Waals surface area contributed by atoms with Crippen molar-refractivity contribution in [1.82, 2.24) is 10.6 Å². The second-order valence-electron chi connectivity index (χ2n) is 3.91. The number of carbonyl (C=O) groups is 3. The zero-order chi connectivity index (χ0) is 15.0. The zero-order valence-electron chi connectivity index (χ0n) is 11.0. The van der Waals surface area contributed by atoms with Crippen molar-refractivity contribution in [1.29, 1.82) is 0 Å². The van der Waals surface area contributed by atoms with Crippen LogP contribution in [0.1, 0.15) is 28.6 Å². The van der Waals surface area contributed by atoms with E-state index < -0.39 is 11.9 Å². The van der Waals surface area contributed by atoms with Gasteiger partial charge >= 0.3 is 5.97 Å². The Hall–Kier alpha value is -2.15. The Labute approximate surface area is 120 Å². The van der Waals surface area contributed by atoms with Crippen LogP contribution in [0.15, 0.2) is 17.5 Å². The van der Waals surface area contributed by atoms with Crippen LogP contribution in [-0.4, -0.2) is 36.0 Å². The molecule has 0 saturated heterocycles. The summed E-state index contributed by atoms with van der Waals surface area (Å²) in [6.07, 6.45) is 3.15. The maximum atomic E-state index is 11.9. The smallest absolute Gasteiger partial charge is 0.328 e. The molecule has 20 heavy (non-hydrogen) atoms. The Morgan fingerprint density at radius 2 is 2.10 bits per heavy atom. The third-order valence-electron chi connectivity index (χ3n) is 2.29. The molecule has 0 aliphatic rings. The van der Waals surface area contributed by atoms with Crippen LogP contribution >= 0.6 is 11.3 Å². The van der Waals surface area contributed by atoms with Crippen LogP contribution < -0.4 is 10.6 Å². The number of amides is 2. The molecule has 3 N–H and O–H groups in total. The highest BCUT2D eigenvalue weighted by molar-refractivity contribution is 7.12. The van der Waals surface area contributed by atoms with Crippen LogP contribution in [0.3, 0.4) is 0 Å². The van der Waals surface area contributed by atoms with E-state index in [0.717, 1.165) is 12.5 Å². The minimum absolute atomic E-state index is 0.0984. The molecule has 1 aromatic rings. The van der Waals surface area contributed by atoms with Crippen molar-refractivity contribution in [2.45, 2.75) is 13.3 Å². The molecule has 108 valence electrons. The summed E-state index contributed by atoms with van der Waals surface area (Å²) in [5.74, 6) is -1.72. The second-order valence-corrected chi connectivity index (χ2v) is 4.83. The lowest BCUT2D eigenvalue weighted by Gasteiger charge is -2.05. The minimum atomic E-state index is -1.08. The lowest BCUT2D eigenvalue weighted by atomic mass is 10.2. The molecule has 0 aliphatic carbocycles. The fourth-order valence-corrected chi connectivity index (χ4v) is 2.17. The molecule has 0 radical (unpaired) electrons. The summed E-state index contributed by atoms with van der Waals surface area (Å²) < 4.78 is 0. The number of hydrogen-bond acceptors (Lipinski definition) is 4. The number of nitrogens with one attached hydrogen (secondary N) is 2. The second kappa shape index (κ2) is 8.11. The monoisotopic (exact) mass is 296 g/mol. The van der Waals surface area contributed by atoms with Gasteiger partial charge in [-0.3, -0.25) is 9.59 Å². The van der Waals surface area contributed by atoms with Crippen molar-refractivity contribution < 1.29 is 19.5 Å². The molecule has 0 saturated carbocycles. The number of rotatable bonds is 7. The number of hydrogen-bond donors (Lipinski definition) is 3. The van der Waals surface area contributed by atoms with Gasteiger partial charge < -0.3 is 15.7 Å². The van der Waals surface area contributed by atoms with Crippen molar-refractivity contribution in [3.05, 3.63) is 28.0 Å². The first-order chi connectivity index (χ1) is 9.54. The van der Waals surface area contributed by atoms with Gasteiger partial charge in [-0.1, -0.05) is 6.92 Å². The number of carbonyl (C=O) groups excluding carboxylic acids is 2. The van der Waals surface area contributed by atoms with Crippen LogP contribution in [-0.2, 0) is 9.59 Å². The van der Waals surface area contributed by atoms with Gasteiger partial charge in [0.05, 0.1) is 11.4 Å². The van der Waals surface area contributed by atoms with E-state index in [2.05, 4.69) is 10.6 Å². The first-order valence-corrected chi connectivity index (χ1v) is 6.96. The summed E-state index contributed by atoms with van der Waals surface area (Å²) >= 11 is 1.19. The number of carboxylic acids is 1. The molecule has 0 unspecified atom stereocenters. The predicted octanol–water partition coefficient (Wildman–Crippen LogP) is 1.10. The third kappa shape index (κ3) is 5.23. The first kappa shape index (κ1) is 15.9. The van der Waals surface area contributed by atoms with Crippen molar-refractivity contribution in [2.24, 2.45) is 0 Å². The Bertz CT molecular complexity index is 522. The van der Waals surface area contributed by atoms with E-state index in [-0.39, 0.29) is 12.5 Å². The van der Waals surface area contributed by atoms with Gasteiger partial charge in [-0.05, 0) is 29.5 Å². The molecule has 2 amide bonds.